The Kier molecular flexibility index (Phi) is 3.46. The highest BCUT2D eigenvalue weighted by molar-refractivity contribution is 6.49. The Balaban J connectivity index is 2.20. The Labute approximate surface area is 110 Å². The first-order valence-corrected chi connectivity index (χ1v) is 5.84. The number of aromatic hydroxyl groups is 1. The van der Waals surface area contributed by atoms with E-state index in [1.54, 1.807) is 24.3 Å². The number of anilines is 1. The summed E-state index contributed by atoms with van der Waals surface area (Å²) in [7, 11) is 0. The second-order valence-corrected chi connectivity index (χ2v) is 4.94. The normalized spacial score (nSPS) is 11.2. The Morgan fingerprint density at radius 3 is 2.06 bits per heavy atom. The number of benzene rings is 2. The molecule has 0 saturated heterocycles. The van der Waals surface area contributed by atoms with E-state index in [0.29, 0.717) is 0 Å². The summed E-state index contributed by atoms with van der Waals surface area (Å²) in [5, 5.41) is 12.2. The van der Waals surface area contributed by atoms with Crippen LogP contribution < -0.4 is 5.32 Å². The second-order valence-electron chi connectivity index (χ2n) is 3.61. The van der Waals surface area contributed by atoms with Crippen LogP contribution in [0.15, 0.2) is 54.6 Å². The summed E-state index contributed by atoms with van der Waals surface area (Å²) in [5.41, 5.74) is 1.49. The third-order valence-electron chi connectivity index (χ3n) is 2.30. The molecule has 0 aromatic heterocycles. The number of hydrogen-bond acceptors (Lipinski definition) is 2. The first kappa shape index (κ1) is 12.1. The predicted octanol–water partition coefficient (Wildman–Crippen LogP) is 4.09. The number of phenols is 1. The molecule has 0 aliphatic heterocycles. The van der Waals surface area contributed by atoms with Crippen molar-refractivity contribution in [2.24, 2.45) is 0 Å². The second kappa shape index (κ2) is 4.86. The third kappa shape index (κ3) is 3.05. The SMILES string of the molecule is Oc1ccc(NC(Cl)(Cl)c2ccccc2)cc1. The number of rotatable bonds is 3. The van der Waals surface area contributed by atoms with Crippen molar-refractivity contribution in [3.8, 4) is 5.75 Å². The van der Waals surface area contributed by atoms with Crippen molar-refractivity contribution >= 4 is 28.9 Å². The zero-order valence-corrected chi connectivity index (χ0v) is 10.4. The van der Waals surface area contributed by atoms with E-state index in [0.717, 1.165) is 11.3 Å². The molecular formula is C13H11Cl2NO. The van der Waals surface area contributed by atoms with Crippen molar-refractivity contribution in [1.82, 2.24) is 0 Å². The minimum atomic E-state index is -1.20. The van der Waals surface area contributed by atoms with Gasteiger partial charge in [0.05, 0.1) is 0 Å². The van der Waals surface area contributed by atoms with E-state index in [4.69, 9.17) is 23.2 Å². The van der Waals surface area contributed by atoms with E-state index in [9.17, 15) is 5.11 Å². The molecule has 0 radical (unpaired) electrons. The molecule has 4 heteroatoms. The maximum atomic E-state index is 9.18. The molecule has 0 unspecified atom stereocenters. The fourth-order valence-corrected chi connectivity index (χ4v) is 1.92. The van der Waals surface area contributed by atoms with Gasteiger partial charge in [0.15, 0.2) is 0 Å². The van der Waals surface area contributed by atoms with Crippen LogP contribution in [0, 0.1) is 0 Å². The lowest BCUT2D eigenvalue weighted by molar-refractivity contribution is 0.475. The van der Waals surface area contributed by atoms with E-state index in [-0.39, 0.29) is 5.75 Å². The summed E-state index contributed by atoms with van der Waals surface area (Å²) in [6, 6.07) is 15.9. The van der Waals surface area contributed by atoms with Crippen LogP contribution in [0.2, 0.25) is 0 Å². The third-order valence-corrected chi connectivity index (χ3v) is 2.93. The molecule has 2 rings (SSSR count). The monoisotopic (exact) mass is 267 g/mol. The Hall–Kier alpha value is -1.38. The van der Waals surface area contributed by atoms with Crippen molar-refractivity contribution in [3.63, 3.8) is 0 Å². The molecule has 0 bridgehead atoms. The van der Waals surface area contributed by atoms with Gasteiger partial charge in [-0.15, -0.1) is 0 Å². The molecule has 0 aliphatic carbocycles. The summed E-state index contributed by atoms with van der Waals surface area (Å²) >= 11 is 12.5. The van der Waals surface area contributed by atoms with Gasteiger partial charge in [0.2, 0.25) is 4.46 Å². The van der Waals surface area contributed by atoms with E-state index in [2.05, 4.69) is 5.32 Å². The Morgan fingerprint density at radius 1 is 0.882 bits per heavy atom. The van der Waals surface area contributed by atoms with Gasteiger partial charge in [-0.3, -0.25) is 0 Å². The maximum absolute atomic E-state index is 9.18. The molecule has 2 aromatic carbocycles. The quantitative estimate of drug-likeness (QED) is 0.499. The molecule has 2 aromatic rings. The van der Waals surface area contributed by atoms with Gasteiger partial charge in [-0.25, -0.2) is 0 Å². The van der Waals surface area contributed by atoms with Gasteiger partial charge in [-0.05, 0) is 24.3 Å². The molecule has 0 atom stereocenters. The van der Waals surface area contributed by atoms with Gasteiger partial charge in [0.25, 0.3) is 0 Å². The van der Waals surface area contributed by atoms with Crippen molar-refractivity contribution in [2.75, 3.05) is 5.32 Å². The van der Waals surface area contributed by atoms with Gasteiger partial charge in [-0.2, -0.15) is 0 Å². The molecule has 0 heterocycles. The number of nitrogens with one attached hydrogen (secondary N) is 1. The summed E-state index contributed by atoms with van der Waals surface area (Å²) in [6.45, 7) is 0. The standard InChI is InChI=1S/C13H11Cl2NO/c14-13(15,10-4-2-1-3-5-10)16-11-6-8-12(17)9-7-11/h1-9,16-17H. The average Bonchev–Trinajstić information content (AvgIpc) is 2.33. The fourth-order valence-electron chi connectivity index (χ4n) is 1.45. The van der Waals surface area contributed by atoms with Crippen molar-refractivity contribution < 1.29 is 5.11 Å². The van der Waals surface area contributed by atoms with Crippen LogP contribution in [0.1, 0.15) is 5.56 Å². The van der Waals surface area contributed by atoms with Crippen LogP contribution in [0.5, 0.6) is 5.75 Å². The molecule has 17 heavy (non-hydrogen) atoms. The van der Waals surface area contributed by atoms with Gasteiger partial charge in [0.1, 0.15) is 5.75 Å². The van der Waals surface area contributed by atoms with Crippen LogP contribution in [0.25, 0.3) is 0 Å². The lowest BCUT2D eigenvalue weighted by Crippen LogP contribution is -2.21. The van der Waals surface area contributed by atoms with Gasteiger partial charge in [0, 0.05) is 11.3 Å². The molecule has 0 spiro atoms. The van der Waals surface area contributed by atoms with Gasteiger partial charge < -0.3 is 10.4 Å². The highest BCUT2D eigenvalue weighted by Crippen LogP contribution is 2.34. The minimum Gasteiger partial charge on any atom is -0.508 e. The predicted molar refractivity (Wildman–Crippen MR) is 71.6 cm³/mol. The topological polar surface area (TPSA) is 32.3 Å². The smallest absolute Gasteiger partial charge is 0.214 e. The number of halogens is 2. The lowest BCUT2D eigenvalue weighted by Gasteiger charge is -2.22. The van der Waals surface area contributed by atoms with Gasteiger partial charge in [-0.1, -0.05) is 53.5 Å². The van der Waals surface area contributed by atoms with Gasteiger partial charge >= 0.3 is 0 Å². The molecule has 0 fully saturated rings. The first-order valence-electron chi connectivity index (χ1n) is 5.08. The zero-order valence-electron chi connectivity index (χ0n) is 8.90. The Bertz CT molecular complexity index is 483. The number of alkyl halides is 2. The minimum absolute atomic E-state index is 0.199. The highest BCUT2D eigenvalue weighted by Gasteiger charge is 2.25. The number of phenolic OH excluding ortho intramolecular Hbond substituents is 1. The summed E-state index contributed by atoms with van der Waals surface area (Å²) in [5.74, 6) is 0.199. The molecule has 0 aliphatic rings. The van der Waals surface area contributed by atoms with E-state index in [1.807, 2.05) is 30.3 Å². The van der Waals surface area contributed by atoms with E-state index in [1.165, 1.54) is 0 Å². The molecule has 2 N–H and O–H groups in total. The van der Waals surface area contributed by atoms with Crippen LogP contribution in [-0.4, -0.2) is 5.11 Å². The lowest BCUT2D eigenvalue weighted by atomic mass is 10.2. The van der Waals surface area contributed by atoms with Crippen LogP contribution in [-0.2, 0) is 4.46 Å². The molecule has 88 valence electrons. The number of hydrogen-bond donors (Lipinski definition) is 2. The van der Waals surface area contributed by atoms with E-state index < -0.39 is 4.46 Å². The fraction of sp³-hybridized carbons (Fsp3) is 0.0769. The molecule has 2 nitrogen and oxygen atoms in total. The molecule has 0 saturated carbocycles. The van der Waals surface area contributed by atoms with Crippen molar-refractivity contribution in [2.45, 2.75) is 4.46 Å². The highest BCUT2D eigenvalue weighted by atomic mass is 35.5. The summed E-state index contributed by atoms with van der Waals surface area (Å²) in [4.78, 5) is 0. The summed E-state index contributed by atoms with van der Waals surface area (Å²) < 4.78 is -1.20. The van der Waals surface area contributed by atoms with Crippen molar-refractivity contribution in [1.29, 1.82) is 0 Å². The zero-order chi connectivity index (χ0) is 12.3. The molecule has 0 amide bonds. The summed E-state index contributed by atoms with van der Waals surface area (Å²) in [6.07, 6.45) is 0. The molecular weight excluding hydrogens is 257 g/mol. The van der Waals surface area contributed by atoms with Crippen LogP contribution in [0.4, 0.5) is 5.69 Å². The first-order chi connectivity index (χ1) is 8.08. The van der Waals surface area contributed by atoms with Crippen LogP contribution in [0.3, 0.4) is 0 Å². The Morgan fingerprint density at radius 2 is 1.47 bits per heavy atom. The van der Waals surface area contributed by atoms with E-state index >= 15 is 0 Å². The van der Waals surface area contributed by atoms with Crippen LogP contribution >= 0.6 is 23.2 Å². The maximum Gasteiger partial charge on any atom is 0.214 e. The average molecular weight is 268 g/mol. The van der Waals surface area contributed by atoms with Crippen molar-refractivity contribution in [3.05, 3.63) is 60.2 Å². The largest absolute Gasteiger partial charge is 0.508 e.